The van der Waals surface area contributed by atoms with Crippen LogP contribution in [0.2, 0.25) is 0 Å². The van der Waals surface area contributed by atoms with Crippen LogP contribution in [0.5, 0.6) is 5.75 Å². The summed E-state index contributed by atoms with van der Waals surface area (Å²) in [6, 6.07) is 6.58. The summed E-state index contributed by atoms with van der Waals surface area (Å²) in [6.07, 6.45) is -3.26. The molecule has 2 aliphatic heterocycles. The van der Waals surface area contributed by atoms with E-state index in [1.165, 1.54) is 6.07 Å². The van der Waals surface area contributed by atoms with Gasteiger partial charge in [0.25, 0.3) is 12.9 Å². The zero-order chi connectivity index (χ0) is 26.0. The lowest BCUT2D eigenvalue weighted by atomic mass is 9.77. The second kappa shape index (κ2) is 13.6. The van der Waals surface area contributed by atoms with Crippen molar-refractivity contribution in [2.75, 3.05) is 46.3 Å². The molecule has 0 aromatic heterocycles. The molecule has 9 nitrogen and oxygen atoms in total. The fourth-order valence-electron chi connectivity index (χ4n) is 5.28. The predicted octanol–water partition coefficient (Wildman–Crippen LogP) is 1.81. The predicted molar refractivity (Wildman–Crippen MR) is 121 cm³/mol. The molecule has 0 spiro atoms. The van der Waals surface area contributed by atoms with Gasteiger partial charge in [-0.05, 0) is 37.8 Å². The summed E-state index contributed by atoms with van der Waals surface area (Å²) in [6.45, 7) is 5.65. The summed E-state index contributed by atoms with van der Waals surface area (Å²) in [5, 5.41) is 24.5. The minimum atomic E-state index is -4.69. The first kappa shape index (κ1) is 28.8. The molecule has 1 saturated carbocycles. The van der Waals surface area contributed by atoms with Crippen LogP contribution in [0.4, 0.5) is 13.2 Å². The van der Waals surface area contributed by atoms with Gasteiger partial charge >= 0.3 is 6.36 Å². The number of nitrogens with zero attached hydrogens (tertiary/aromatic N) is 3. The summed E-state index contributed by atoms with van der Waals surface area (Å²) < 4.78 is 42.3. The van der Waals surface area contributed by atoms with Crippen LogP contribution in [0.3, 0.4) is 0 Å². The Hall–Kier alpha value is -2.41. The molecule has 12 heteroatoms. The second-order valence-corrected chi connectivity index (χ2v) is 9.03. The molecule has 3 aliphatic rings. The number of carbonyl (C=O) groups is 2. The lowest BCUT2D eigenvalue weighted by molar-refractivity contribution is -0.275. The normalized spacial score (nSPS) is 27.5. The molecule has 3 N–H and O–H groups in total. The third-order valence-corrected chi connectivity index (χ3v) is 6.78. The zero-order valence-electron chi connectivity index (χ0n) is 19.7. The molecule has 2 saturated heterocycles. The molecule has 35 heavy (non-hydrogen) atoms. The molecule has 4 rings (SSSR count). The Morgan fingerprint density at radius 2 is 1.54 bits per heavy atom. The Kier molecular flexibility index (Phi) is 11.2. The molecule has 1 aromatic rings. The van der Waals surface area contributed by atoms with Crippen molar-refractivity contribution in [1.29, 1.82) is 0 Å². The van der Waals surface area contributed by atoms with E-state index in [-0.39, 0.29) is 30.8 Å². The Labute approximate surface area is 202 Å². The summed E-state index contributed by atoms with van der Waals surface area (Å²) in [5.41, 5.74) is 0.555. The van der Waals surface area contributed by atoms with E-state index >= 15 is 0 Å². The molecule has 4 atom stereocenters. The molecule has 1 aliphatic carbocycles. The molecule has 2 heterocycles. The van der Waals surface area contributed by atoms with Gasteiger partial charge in [-0.3, -0.25) is 19.4 Å². The molecular weight excluding hydrogens is 471 g/mol. The summed E-state index contributed by atoms with van der Waals surface area (Å²) in [5.74, 6) is 0.772. The van der Waals surface area contributed by atoms with Crippen molar-refractivity contribution in [3.8, 4) is 5.75 Å². The average molecular weight is 506 g/mol. The van der Waals surface area contributed by atoms with Crippen molar-refractivity contribution in [3.05, 3.63) is 29.8 Å². The first-order chi connectivity index (χ1) is 16.6. The van der Waals surface area contributed by atoms with Gasteiger partial charge in [-0.15, -0.1) is 13.2 Å². The molecule has 0 radical (unpaired) electrons. The van der Waals surface area contributed by atoms with Crippen molar-refractivity contribution in [3.63, 3.8) is 0 Å². The number of rotatable bonds is 4. The maximum Gasteiger partial charge on any atom is 0.573 e. The quantitative estimate of drug-likeness (QED) is 0.527. The van der Waals surface area contributed by atoms with Crippen molar-refractivity contribution >= 4 is 12.9 Å². The van der Waals surface area contributed by atoms with Crippen molar-refractivity contribution in [2.45, 2.75) is 37.9 Å². The number of para-hydroxylation sites is 1. The highest BCUT2D eigenvalue weighted by Crippen LogP contribution is 2.39. The van der Waals surface area contributed by atoms with Gasteiger partial charge in [0, 0.05) is 57.4 Å². The number of fused-ring (bicyclic) bond motifs is 1. The highest BCUT2D eigenvalue weighted by molar-refractivity contribution is 5.33. The van der Waals surface area contributed by atoms with Crippen LogP contribution in [0, 0.1) is 11.8 Å². The first-order valence-electron chi connectivity index (χ1n) is 11.4. The van der Waals surface area contributed by atoms with E-state index in [4.69, 9.17) is 19.8 Å². The number of aliphatic hydroxyl groups excluding tert-OH is 1. The highest BCUT2D eigenvalue weighted by atomic mass is 19.4. The van der Waals surface area contributed by atoms with Gasteiger partial charge in [0.15, 0.2) is 0 Å². The number of benzene rings is 1. The Balaban J connectivity index is 0.000000655. The number of hydrogen-bond donors (Lipinski definition) is 3. The Morgan fingerprint density at radius 1 is 1.00 bits per heavy atom. The van der Waals surface area contributed by atoms with E-state index < -0.39 is 6.36 Å². The van der Waals surface area contributed by atoms with Crippen molar-refractivity contribution in [1.82, 2.24) is 14.7 Å². The van der Waals surface area contributed by atoms with Gasteiger partial charge in [-0.25, -0.2) is 0 Å². The van der Waals surface area contributed by atoms with E-state index in [1.54, 1.807) is 18.2 Å². The summed E-state index contributed by atoms with van der Waals surface area (Å²) in [4.78, 5) is 23.7. The van der Waals surface area contributed by atoms with Crippen LogP contribution in [-0.4, -0.2) is 108 Å². The van der Waals surface area contributed by atoms with Gasteiger partial charge in [0.05, 0.1) is 6.10 Å². The smallest absolute Gasteiger partial charge is 0.483 e. The Morgan fingerprint density at radius 3 is 2.11 bits per heavy atom. The van der Waals surface area contributed by atoms with Crippen molar-refractivity contribution < 1.29 is 42.8 Å². The molecule has 0 bridgehead atoms. The number of halogens is 3. The molecule has 0 unspecified atom stereocenters. The van der Waals surface area contributed by atoms with Gasteiger partial charge in [-0.2, -0.15) is 0 Å². The number of aliphatic hydroxyl groups is 1. The summed E-state index contributed by atoms with van der Waals surface area (Å²) >= 11 is 0. The molecule has 1 aromatic carbocycles. The largest absolute Gasteiger partial charge is 0.573 e. The summed E-state index contributed by atoms with van der Waals surface area (Å²) in [7, 11) is 2.12. The fourth-order valence-corrected chi connectivity index (χ4v) is 5.28. The van der Waals surface area contributed by atoms with Crippen LogP contribution in [0.15, 0.2) is 24.3 Å². The lowest BCUT2D eigenvalue weighted by Crippen LogP contribution is -2.55. The first-order valence-corrected chi connectivity index (χ1v) is 11.4. The maximum absolute atomic E-state index is 12.7. The molecule has 0 amide bonds. The minimum absolute atomic E-state index is 0.120. The van der Waals surface area contributed by atoms with Gasteiger partial charge in [0.1, 0.15) is 5.75 Å². The SMILES string of the molecule is CN1CCN([C@@H]2C[C@@H]3CN(Cc4ccccc4OC(F)(F)F)C[C@@H]3C[C@H]2O)CC1.O=CO.O=CO. The minimum Gasteiger partial charge on any atom is -0.483 e. The highest BCUT2D eigenvalue weighted by Gasteiger charge is 2.44. The number of likely N-dealkylation sites (N-methyl/N-ethyl adjacent to an activating group) is 1. The lowest BCUT2D eigenvalue weighted by Gasteiger charge is -2.44. The fraction of sp³-hybridized carbons (Fsp3) is 0.652. The average Bonchev–Trinajstić information content (AvgIpc) is 3.16. The molecule has 3 fully saturated rings. The maximum atomic E-state index is 12.7. The van der Waals surface area contributed by atoms with Crippen LogP contribution in [-0.2, 0) is 16.1 Å². The van der Waals surface area contributed by atoms with Gasteiger partial charge < -0.3 is 25.0 Å². The number of hydrogen-bond acceptors (Lipinski definition) is 7. The standard InChI is InChI=1S/C21H30F3N3O2.2CH2O2/c1-25-6-8-27(9-7-25)18-10-16-13-26(14-17(16)11-19(18)28)12-15-4-2-3-5-20(15)29-21(22,23)24;2*2-1-3/h2-5,16-19,28H,6-14H2,1H3;2*1H,(H,2,3)/t16-,17+,18-,19-;;/m1../s1. The number of alkyl halides is 3. The van der Waals surface area contributed by atoms with E-state index in [9.17, 15) is 18.3 Å². The van der Waals surface area contributed by atoms with E-state index in [0.29, 0.717) is 23.9 Å². The van der Waals surface area contributed by atoms with Crippen LogP contribution in [0.25, 0.3) is 0 Å². The third kappa shape index (κ3) is 8.95. The van der Waals surface area contributed by atoms with Crippen LogP contribution >= 0.6 is 0 Å². The zero-order valence-corrected chi connectivity index (χ0v) is 19.7. The molecular formula is C23H34F3N3O6. The van der Waals surface area contributed by atoms with Gasteiger partial charge in [-0.1, -0.05) is 18.2 Å². The second-order valence-electron chi connectivity index (χ2n) is 9.03. The Bertz CT molecular complexity index is 786. The number of likely N-dealkylation sites (tertiary alicyclic amines) is 1. The number of piperazine rings is 1. The van der Waals surface area contributed by atoms with E-state index in [0.717, 1.165) is 52.1 Å². The number of carboxylic acid groups (broad SMARTS) is 2. The number of ether oxygens (including phenoxy) is 1. The molecule has 198 valence electrons. The van der Waals surface area contributed by atoms with E-state index in [2.05, 4.69) is 26.5 Å². The monoisotopic (exact) mass is 505 g/mol. The topological polar surface area (TPSA) is 114 Å². The van der Waals surface area contributed by atoms with Crippen molar-refractivity contribution in [2.24, 2.45) is 11.8 Å². The van der Waals surface area contributed by atoms with Gasteiger partial charge in [0.2, 0.25) is 0 Å². The van der Waals surface area contributed by atoms with Crippen LogP contribution in [0.1, 0.15) is 18.4 Å². The van der Waals surface area contributed by atoms with Crippen LogP contribution < -0.4 is 4.74 Å². The van der Waals surface area contributed by atoms with E-state index in [1.807, 2.05) is 0 Å². The third-order valence-electron chi connectivity index (χ3n) is 6.78.